The number of hydrogen-bond donors (Lipinski definition) is 1. The van der Waals surface area contributed by atoms with Crippen molar-refractivity contribution in [1.82, 2.24) is 4.90 Å². The quantitative estimate of drug-likeness (QED) is 0.868. The molecule has 0 spiro atoms. The molecule has 136 valence electrons. The van der Waals surface area contributed by atoms with Crippen LogP contribution in [-0.4, -0.2) is 29.8 Å². The van der Waals surface area contributed by atoms with Gasteiger partial charge in [0.2, 0.25) is 5.91 Å². The Morgan fingerprint density at radius 2 is 1.81 bits per heavy atom. The molecule has 1 aliphatic heterocycles. The van der Waals surface area contributed by atoms with Crippen LogP contribution in [0, 0.1) is 5.82 Å². The number of nitrogens with one attached hydrogen (secondary N) is 1. The summed E-state index contributed by atoms with van der Waals surface area (Å²) in [4.78, 5) is 26.9. The number of para-hydroxylation sites is 1. The Bertz CT molecular complexity index is 819. The van der Waals surface area contributed by atoms with Crippen molar-refractivity contribution in [2.24, 2.45) is 0 Å². The van der Waals surface area contributed by atoms with Crippen molar-refractivity contribution in [3.63, 3.8) is 0 Å². The lowest BCUT2D eigenvalue weighted by Crippen LogP contribution is -2.36. The molecule has 1 fully saturated rings. The number of likely N-dealkylation sites (tertiary alicyclic amines) is 1. The average Bonchev–Trinajstić information content (AvgIpc) is 2.65. The molecule has 0 atom stereocenters. The highest BCUT2D eigenvalue weighted by atomic mass is 35.5. The SMILES string of the molecule is O=C(Cc1ccc(Cl)cc1F)Nc1ccccc1C(=O)N1CCCCC1. The molecule has 0 unspecified atom stereocenters. The van der Waals surface area contributed by atoms with Gasteiger partial charge >= 0.3 is 0 Å². The third-order valence-electron chi connectivity index (χ3n) is 4.44. The Labute approximate surface area is 157 Å². The highest BCUT2D eigenvalue weighted by molar-refractivity contribution is 6.30. The summed E-state index contributed by atoms with van der Waals surface area (Å²) in [5.41, 5.74) is 1.16. The fourth-order valence-electron chi connectivity index (χ4n) is 3.08. The highest BCUT2D eigenvalue weighted by Gasteiger charge is 2.21. The van der Waals surface area contributed by atoms with E-state index in [0.717, 1.165) is 32.4 Å². The van der Waals surface area contributed by atoms with Gasteiger partial charge in [-0.15, -0.1) is 0 Å². The van der Waals surface area contributed by atoms with Gasteiger partial charge in [-0.2, -0.15) is 0 Å². The Kier molecular flexibility index (Phi) is 5.89. The van der Waals surface area contributed by atoms with E-state index in [4.69, 9.17) is 11.6 Å². The van der Waals surface area contributed by atoms with Crippen molar-refractivity contribution >= 4 is 29.1 Å². The first kappa shape index (κ1) is 18.4. The van der Waals surface area contributed by atoms with Crippen LogP contribution < -0.4 is 5.32 Å². The molecule has 0 saturated carbocycles. The zero-order valence-corrected chi connectivity index (χ0v) is 15.1. The first-order chi connectivity index (χ1) is 12.5. The monoisotopic (exact) mass is 374 g/mol. The summed E-state index contributed by atoms with van der Waals surface area (Å²) in [5.74, 6) is -0.992. The number of carbonyl (C=O) groups is 2. The van der Waals surface area contributed by atoms with Gasteiger partial charge in [0.05, 0.1) is 17.7 Å². The number of hydrogen-bond acceptors (Lipinski definition) is 2. The molecule has 1 aliphatic rings. The van der Waals surface area contributed by atoms with Crippen LogP contribution in [0.2, 0.25) is 5.02 Å². The summed E-state index contributed by atoms with van der Waals surface area (Å²) >= 11 is 5.73. The Morgan fingerprint density at radius 1 is 1.08 bits per heavy atom. The van der Waals surface area contributed by atoms with E-state index in [1.165, 1.54) is 12.1 Å². The summed E-state index contributed by atoms with van der Waals surface area (Å²) in [5, 5.41) is 3.02. The summed E-state index contributed by atoms with van der Waals surface area (Å²) in [7, 11) is 0. The zero-order chi connectivity index (χ0) is 18.5. The van der Waals surface area contributed by atoms with Gasteiger partial charge in [-0.3, -0.25) is 9.59 Å². The molecule has 2 amide bonds. The number of amides is 2. The summed E-state index contributed by atoms with van der Waals surface area (Å²) in [6.07, 6.45) is 3.00. The maximum absolute atomic E-state index is 13.9. The van der Waals surface area contributed by atoms with E-state index in [9.17, 15) is 14.0 Å². The van der Waals surface area contributed by atoms with Gasteiger partial charge in [0, 0.05) is 18.1 Å². The van der Waals surface area contributed by atoms with Crippen molar-refractivity contribution in [2.45, 2.75) is 25.7 Å². The first-order valence-electron chi connectivity index (χ1n) is 8.66. The van der Waals surface area contributed by atoms with Crippen molar-refractivity contribution in [1.29, 1.82) is 0 Å². The van der Waals surface area contributed by atoms with E-state index < -0.39 is 5.82 Å². The van der Waals surface area contributed by atoms with Gasteiger partial charge in [0.1, 0.15) is 5.82 Å². The van der Waals surface area contributed by atoms with Gasteiger partial charge in [-0.25, -0.2) is 4.39 Å². The predicted molar refractivity (Wildman–Crippen MR) is 99.9 cm³/mol. The number of nitrogens with zero attached hydrogens (tertiary/aromatic N) is 1. The minimum absolute atomic E-state index is 0.0849. The molecule has 26 heavy (non-hydrogen) atoms. The maximum Gasteiger partial charge on any atom is 0.255 e. The minimum atomic E-state index is -0.523. The minimum Gasteiger partial charge on any atom is -0.339 e. The van der Waals surface area contributed by atoms with Crippen LogP contribution in [0.1, 0.15) is 35.2 Å². The lowest BCUT2D eigenvalue weighted by Gasteiger charge is -2.27. The third kappa shape index (κ3) is 4.41. The topological polar surface area (TPSA) is 49.4 Å². The van der Waals surface area contributed by atoms with Crippen molar-refractivity contribution in [3.05, 3.63) is 64.4 Å². The molecular weight excluding hydrogens is 355 g/mol. The number of halogens is 2. The van der Waals surface area contributed by atoms with Gasteiger partial charge in [0.15, 0.2) is 0 Å². The van der Waals surface area contributed by atoms with Crippen molar-refractivity contribution < 1.29 is 14.0 Å². The predicted octanol–water partition coefficient (Wildman–Crippen LogP) is 4.29. The second kappa shape index (κ2) is 8.32. The Morgan fingerprint density at radius 3 is 2.54 bits per heavy atom. The molecule has 0 bridgehead atoms. The lowest BCUT2D eigenvalue weighted by molar-refractivity contribution is -0.115. The molecule has 0 radical (unpaired) electrons. The van der Waals surface area contributed by atoms with Crippen molar-refractivity contribution in [2.75, 3.05) is 18.4 Å². The van der Waals surface area contributed by atoms with Crippen LogP contribution in [0.15, 0.2) is 42.5 Å². The van der Waals surface area contributed by atoms with Crippen LogP contribution >= 0.6 is 11.6 Å². The fraction of sp³-hybridized carbons (Fsp3) is 0.300. The number of benzene rings is 2. The largest absolute Gasteiger partial charge is 0.339 e. The normalized spacial score (nSPS) is 14.2. The molecule has 3 rings (SSSR count). The molecule has 1 saturated heterocycles. The number of carbonyl (C=O) groups excluding carboxylic acids is 2. The van der Waals surface area contributed by atoms with Crippen LogP contribution in [0.5, 0.6) is 0 Å². The summed E-state index contributed by atoms with van der Waals surface area (Å²) < 4.78 is 13.9. The summed E-state index contributed by atoms with van der Waals surface area (Å²) in [6.45, 7) is 1.47. The molecular formula is C20H20ClFN2O2. The van der Waals surface area contributed by atoms with Gasteiger partial charge in [-0.05, 0) is 49.1 Å². The van der Waals surface area contributed by atoms with Gasteiger partial charge in [-0.1, -0.05) is 29.8 Å². The highest BCUT2D eigenvalue weighted by Crippen LogP contribution is 2.21. The Hall–Kier alpha value is -2.40. The van der Waals surface area contributed by atoms with Gasteiger partial charge < -0.3 is 10.2 Å². The van der Waals surface area contributed by atoms with E-state index >= 15 is 0 Å². The maximum atomic E-state index is 13.9. The van der Waals surface area contributed by atoms with Gasteiger partial charge in [0.25, 0.3) is 5.91 Å². The first-order valence-corrected chi connectivity index (χ1v) is 9.04. The number of rotatable bonds is 4. The van der Waals surface area contributed by atoms with Crippen LogP contribution in [0.3, 0.4) is 0 Å². The van der Waals surface area contributed by atoms with E-state index in [-0.39, 0.29) is 28.8 Å². The van der Waals surface area contributed by atoms with E-state index in [1.807, 2.05) is 4.90 Å². The fourth-order valence-corrected chi connectivity index (χ4v) is 3.24. The molecule has 2 aromatic rings. The number of piperidine rings is 1. The van der Waals surface area contributed by atoms with E-state index in [0.29, 0.717) is 11.3 Å². The molecule has 0 aromatic heterocycles. The van der Waals surface area contributed by atoms with E-state index in [2.05, 4.69) is 5.32 Å². The van der Waals surface area contributed by atoms with Crippen LogP contribution in [0.4, 0.5) is 10.1 Å². The van der Waals surface area contributed by atoms with Crippen LogP contribution in [0.25, 0.3) is 0 Å². The summed E-state index contributed by atoms with van der Waals surface area (Å²) in [6, 6.07) is 11.1. The lowest BCUT2D eigenvalue weighted by atomic mass is 10.1. The molecule has 1 heterocycles. The molecule has 0 aliphatic carbocycles. The third-order valence-corrected chi connectivity index (χ3v) is 4.68. The van der Waals surface area contributed by atoms with Crippen LogP contribution in [-0.2, 0) is 11.2 Å². The second-order valence-corrected chi connectivity index (χ2v) is 6.80. The average molecular weight is 375 g/mol. The number of anilines is 1. The molecule has 6 heteroatoms. The van der Waals surface area contributed by atoms with E-state index in [1.54, 1.807) is 30.3 Å². The zero-order valence-electron chi connectivity index (χ0n) is 14.3. The van der Waals surface area contributed by atoms with Crippen molar-refractivity contribution in [3.8, 4) is 0 Å². The smallest absolute Gasteiger partial charge is 0.255 e. The molecule has 1 N–H and O–H groups in total. The molecule has 4 nitrogen and oxygen atoms in total. The second-order valence-electron chi connectivity index (χ2n) is 6.36. The Balaban J connectivity index is 1.73. The standard InChI is InChI=1S/C20H20ClFN2O2/c21-15-9-8-14(17(22)13-15)12-19(25)23-18-7-3-2-6-16(18)20(26)24-10-4-1-5-11-24/h2-3,6-9,13H,1,4-5,10-12H2,(H,23,25). The molecule has 2 aromatic carbocycles.